The number of fused-ring (bicyclic) bond motifs is 1. The summed E-state index contributed by atoms with van der Waals surface area (Å²) in [5.74, 6) is -0.653. The number of amides is 1. The Bertz CT molecular complexity index is 1010. The van der Waals surface area contributed by atoms with E-state index >= 15 is 0 Å². The highest BCUT2D eigenvalue weighted by molar-refractivity contribution is 6.31. The molecule has 0 radical (unpaired) electrons. The third-order valence-corrected chi connectivity index (χ3v) is 5.40. The average Bonchev–Trinajstić information content (AvgIpc) is 3.04. The topological polar surface area (TPSA) is 64.0 Å². The number of carbonyl (C=O) groups is 2. The predicted octanol–water partition coefficient (Wildman–Crippen LogP) is 3.93. The standard InChI is InChI=1S/C22H27ClF3N3O4/c1-21(2,3)33-20(31)17-13-29(18-5-4-15(23)12-16(17)18)14-19(30)28-8-6-27(7-9-28)10-11-32-22(24,25)26/h4-5,12-13H,6-11,14H2,1-3H3. The minimum atomic E-state index is -4.64. The number of hydrogen-bond donors (Lipinski definition) is 0. The van der Waals surface area contributed by atoms with Crippen LogP contribution in [0.3, 0.4) is 0 Å². The van der Waals surface area contributed by atoms with Crippen molar-refractivity contribution in [2.45, 2.75) is 39.3 Å². The monoisotopic (exact) mass is 489 g/mol. The molecule has 0 bridgehead atoms. The molecule has 1 aromatic carbocycles. The molecule has 0 unspecified atom stereocenters. The molecule has 0 N–H and O–H groups in total. The zero-order valence-corrected chi connectivity index (χ0v) is 19.5. The molecule has 1 aliphatic heterocycles. The molecule has 7 nitrogen and oxygen atoms in total. The Balaban J connectivity index is 1.66. The third-order valence-electron chi connectivity index (χ3n) is 5.17. The molecule has 1 fully saturated rings. The molecular formula is C22H27ClF3N3O4. The molecule has 1 amide bonds. The van der Waals surface area contributed by atoms with E-state index in [0.717, 1.165) is 0 Å². The third kappa shape index (κ3) is 7.09. The fourth-order valence-corrected chi connectivity index (χ4v) is 3.83. The highest BCUT2D eigenvalue weighted by Crippen LogP contribution is 2.27. The van der Waals surface area contributed by atoms with E-state index < -0.39 is 24.5 Å². The van der Waals surface area contributed by atoms with Gasteiger partial charge in [-0.1, -0.05) is 11.6 Å². The first-order valence-electron chi connectivity index (χ1n) is 10.5. The highest BCUT2D eigenvalue weighted by Gasteiger charge is 2.30. The van der Waals surface area contributed by atoms with Crippen LogP contribution < -0.4 is 0 Å². The van der Waals surface area contributed by atoms with Crippen LogP contribution in [-0.2, 0) is 20.8 Å². The van der Waals surface area contributed by atoms with Gasteiger partial charge in [-0.25, -0.2) is 4.79 Å². The molecule has 3 rings (SSSR count). The van der Waals surface area contributed by atoms with Crippen molar-refractivity contribution in [1.82, 2.24) is 14.4 Å². The lowest BCUT2D eigenvalue weighted by atomic mass is 10.1. The van der Waals surface area contributed by atoms with Crippen LogP contribution in [0.1, 0.15) is 31.1 Å². The maximum atomic E-state index is 12.9. The van der Waals surface area contributed by atoms with Crippen LogP contribution in [0.25, 0.3) is 10.9 Å². The van der Waals surface area contributed by atoms with Crippen molar-refractivity contribution in [2.24, 2.45) is 0 Å². The van der Waals surface area contributed by atoms with E-state index in [-0.39, 0.29) is 19.0 Å². The van der Waals surface area contributed by atoms with E-state index in [1.807, 2.05) is 4.90 Å². The van der Waals surface area contributed by atoms with Gasteiger partial charge < -0.3 is 14.2 Å². The van der Waals surface area contributed by atoms with Crippen LogP contribution in [0, 0.1) is 0 Å². The van der Waals surface area contributed by atoms with Gasteiger partial charge in [-0.3, -0.25) is 14.4 Å². The molecule has 1 aromatic heterocycles. The summed E-state index contributed by atoms with van der Waals surface area (Å²) >= 11 is 6.13. The molecule has 0 atom stereocenters. The van der Waals surface area contributed by atoms with E-state index in [1.54, 1.807) is 54.6 Å². The molecule has 1 aliphatic rings. The Hall–Kier alpha value is -2.30. The maximum absolute atomic E-state index is 12.9. The Labute approximate surface area is 195 Å². The van der Waals surface area contributed by atoms with Gasteiger partial charge in [0.25, 0.3) is 0 Å². The quantitative estimate of drug-likeness (QED) is 0.575. The van der Waals surface area contributed by atoms with Crippen LogP contribution in [0.4, 0.5) is 13.2 Å². The van der Waals surface area contributed by atoms with Crippen LogP contribution in [0.15, 0.2) is 24.4 Å². The van der Waals surface area contributed by atoms with E-state index in [1.165, 1.54) is 0 Å². The second-order valence-electron chi connectivity index (χ2n) is 8.85. The Kier molecular flexibility index (Phi) is 7.60. The number of carbonyl (C=O) groups excluding carboxylic acids is 2. The van der Waals surface area contributed by atoms with Crippen molar-refractivity contribution in [1.29, 1.82) is 0 Å². The van der Waals surface area contributed by atoms with Gasteiger partial charge in [0.15, 0.2) is 0 Å². The summed E-state index contributed by atoms with van der Waals surface area (Å²) < 4.78 is 47.4. The van der Waals surface area contributed by atoms with Crippen LogP contribution >= 0.6 is 11.6 Å². The number of esters is 1. The number of nitrogens with zero attached hydrogens (tertiary/aromatic N) is 3. The summed E-state index contributed by atoms with van der Waals surface area (Å²) in [6.07, 6.45) is -3.04. The number of hydrogen-bond acceptors (Lipinski definition) is 5. The van der Waals surface area contributed by atoms with E-state index in [2.05, 4.69) is 4.74 Å². The van der Waals surface area contributed by atoms with Crippen LogP contribution in [0.5, 0.6) is 0 Å². The van der Waals surface area contributed by atoms with Gasteiger partial charge in [-0.2, -0.15) is 0 Å². The highest BCUT2D eigenvalue weighted by atomic mass is 35.5. The number of alkyl halides is 3. The van der Waals surface area contributed by atoms with Crippen LogP contribution in [0.2, 0.25) is 5.02 Å². The summed E-state index contributed by atoms with van der Waals surface area (Å²) in [4.78, 5) is 29.1. The predicted molar refractivity (Wildman–Crippen MR) is 117 cm³/mol. The first-order valence-corrected chi connectivity index (χ1v) is 10.9. The van der Waals surface area contributed by atoms with Crippen molar-refractivity contribution in [3.63, 3.8) is 0 Å². The summed E-state index contributed by atoms with van der Waals surface area (Å²) in [6, 6.07) is 5.10. The van der Waals surface area contributed by atoms with Crippen molar-refractivity contribution < 1.29 is 32.2 Å². The van der Waals surface area contributed by atoms with Gasteiger partial charge in [0.2, 0.25) is 5.91 Å². The molecule has 182 valence electrons. The molecule has 2 heterocycles. The Morgan fingerprint density at radius 2 is 1.76 bits per heavy atom. The van der Waals surface area contributed by atoms with Gasteiger partial charge in [-0.05, 0) is 39.0 Å². The van der Waals surface area contributed by atoms with Gasteiger partial charge >= 0.3 is 12.3 Å². The van der Waals surface area contributed by atoms with Gasteiger partial charge in [0, 0.05) is 54.8 Å². The zero-order valence-electron chi connectivity index (χ0n) is 18.7. The molecule has 0 spiro atoms. The smallest absolute Gasteiger partial charge is 0.456 e. The first-order chi connectivity index (χ1) is 15.3. The molecule has 0 aliphatic carbocycles. The lowest BCUT2D eigenvalue weighted by molar-refractivity contribution is -0.325. The molecule has 2 aromatic rings. The van der Waals surface area contributed by atoms with E-state index in [4.69, 9.17) is 16.3 Å². The van der Waals surface area contributed by atoms with Gasteiger partial charge in [-0.15, -0.1) is 13.2 Å². The summed E-state index contributed by atoms with van der Waals surface area (Å²) in [7, 11) is 0. The fraction of sp³-hybridized carbons (Fsp3) is 0.545. The van der Waals surface area contributed by atoms with Gasteiger partial charge in [0.05, 0.1) is 12.2 Å². The van der Waals surface area contributed by atoms with Gasteiger partial charge in [0.1, 0.15) is 12.1 Å². The molecule has 0 saturated carbocycles. The van der Waals surface area contributed by atoms with Crippen LogP contribution in [-0.4, -0.2) is 77.5 Å². The fourth-order valence-electron chi connectivity index (χ4n) is 3.65. The average molecular weight is 490 g/mol. The first kappa shape index (κ1) is 25.3. The molecule has 11 heteroatoms. The van der Waals surface area contributed by atoms with E-state index in [0.29, 0.717) is 47.7 Å². The number of benzene rings is 1. The number of ether oxygens (including phenoxy) is 2. The number of piperazine rings is 1. The minimum absolute atomic E-state index is 0.0120. The minimum Gasteiger partial charge on any atom is -0.456 e. The second kappa shape index (κ2) is 9.90. The molecule has 1 saturated heterocycles. The maximum Gasteiger partial charge on any atom is 0.522 e. The summed E-state index contributed by atoms with van der Waals surface area (Å²) in [5, 5.41) is 1.06. The molecule has 33 heavy (non-hydrogen) atoms. The zero-order chi connectivity index (χ0) is 24.4. The normalized spacial score (nSPS) is 15.8. The number of rotatable bonds is 6. The lowest BCUT2D eigenvalue weighted by Crippen LogP contribution is -2.50. The number of aromatic nitrogens is 1. The SMILES string of the molecule is CC(C)(C)OC(=O)c1cn(CC(=O)N2CCN(CCOC(F)(F)F)CC2)c2ccc(Cl)cc12. The Morgan fingerprint density at radius 3 is 2.36 bits per heavy atom. The number of halogens is 4. The summed E-state index contributed by atoms with van der Waals surface area (Å²) in [5.41, 5.74) is 0.325. The summed E-state index contributed by atoms with van der Waals surface area (Å²) in [6.45, 7) is 6.74. The Morgan fingerprint density at radius 1 is 1.09 bits per heavy atom. The van der Waals surface area contributed by atoms with E-state index in [9.17, 15) is 22.8 Å². The largest absolute Gasteiger partial charge is 0.522 e. The second-order valence-corrected chi connectivity index (χ2v) is 9.29. The lowest BCUT2D eigenvalue weighted by Gasteiger charge is -2.34. The van der Waals surface area contributed by atoms with Crippen molar-refractivity contribution in [2.75, 3.05) is 39.3 Å². The van der Waals surface area contributed by atoms with Crippen molar-refractivity contribution in [3.05, 3.63) is 35.0 Å². The van der Waals surface area contributed by atoms with Crippen molar-refractivity contribution in [3.8, 4) is 0 Å². The van der Waals surface area contributed by atoms with Crippen molar-refractivity contribution >= 4 is 34.4 Å². The molecular weight excluding hydrogens is 463 g/mol.